The molecule has 0 aromatic heterocycles. The molecule has 0 aliphatic carbocycles. The van der Waals surface area contributed by atoms with Crippen LogP contribution >= 0.6 is 0 Å². The molecule has 0 saturated heterocycles. The highest BCUT2D eigenvalue weighted by Gasteiger charge is 1.91. The zero-order valence-corrected chi connectivity index (χ0v) is 9.89. The second kappa shape index (κ2) is 12.9. The van der Waals surface area contributed by atoms with Crippen LogP contribution in [0.2, 0.25) is 0 Å². The first-order valence-corrected chi connectivity index (χ1v) is 5.98. The Kier molecular flexibility index (Phi) is 12.8. The fourth-order valence-corrected chi connectivity index (χ4v) is 1.48. The van der Waals surface area contributed by atoms with Crippen LogP contribution in [0.25, 0.3) is 0 Å². The zero-order valence-electron chi connectivity index (χ0n) is 9.89. The van der Waals surface area contributed by atoms with Crippen LogP contribution in [0.1, 0.15) is 51.9 Å². The predicted molar refractivity (Wildman–Crippen MR) is 60.7 cm³/mol. The molecule has 0 aliphatic rings. The van der Waals surface area contributed by atoms with Gasteiger partial charge in [0.05, 0.1) is 0 Å². The van der Waals surface area contributed by atoms with Gasteiger partial charge in [-0.15, -0.1) is 0 Å². The summed E-state index contributed by atoms with van der Waals surface area (Å²) in [5.74, 6) is 0. The molecule has 0 heterocycles. The second-order valence-electron chi connectivity index (χ2n) is 3.66. The van der Waals surface area contributed by atoms with Crippen LogP contribution in [0, 0.1) is 0 Å². The first-order chi connectivity index (χ1) is 6.91. The molecule has 0 fully saturated rings. The standard InChI is InChI=1S/C12H26O2/c1-3-14-12-10-8-6-4-5-7-9-11-13-2/h3-12H2,1-2H3. The number of methoxy groups -OCH3 is 1. The Bertz CT molecular complexity index is 82.3. The van der Waals surface area contributed by atoms with E-state index in [9.17, 15) is 0 Å². The molecule has 0 aromatic rings. The summed E-state index contributed by atoms with van der Waals surface area (Å²) in [6.45, 7) is 4.78. The van der Waals surface area contributed by atoms with Gasteiger partial charge in [-0.1, -0.05) is 32.1 Å². The van der Waals surface area contributed by atoms with E-state index in [0.29, 0.717) is 0 Å². The molecular formula is C12H26O2. The van der Waals surface area contributed by atoms with E-state index in [0.717, 1.165) is 19.8 Å². The lowest BCUT2D eigenvalue weighted by atomic mass is 10.1. The van der Waals surface area contributed by atoms with Crippen molar-refractivity contribution < 1.29 is 9.47 Å². The van der Waals surface area contributed by atoms with Crippen LogP contribution in [-0.4, -0.2) is 26.9 Å². The average Bonchev–Trinajstić information content (AvgIpc) is 2.21. The van der Waals surface area contributed by atoms with Gasteiger partial charge >= 0.3 is 0 Å². The molecule has 0 rings (SSSR count). The summed E-state index contributed by atoms with van der Waals surface area (Å²) in [5.41, 5.74) is 0. The Balaban J connectivity index is 2.78. The largest absolute Gasteiger partial charge is 0.385 e. The Hall–Kier alpha value is -0.0800. The van der Waals surface area contributed by atoms with Crippen molar-refractivity contribution in [3.05, 3.63) is 0 Å². The number of rotatable bonds is 11. The van der Waals surface area contributed by atoms with Gasteiger partial charge in [0.2, 0.25) is 0 Å². The summed E-state index contributed by atoms with van der Waals surface area (Å²) >= 11 is 0. The van der Waals surface area contributed by atoms with Gasteiger partial charge in [-0.05, 0) is 19.8 Å². The van der Waals surface area contributed by atoms with Gasteiger partial charge in [0.15, 0.2) is 0 Å². The summed E-state index contributed by atoms with van der Waals surface area (Å²) in [6, 6.07) is 0. The van der Waals surface area contributed by atoms with Crippen LogP contribution in [-0.2, 0) is 9.47 Å². The molecule has 14 heavy (non-hydrogen) atoms. The third-order valence-corrected chi connectivity index (χ3v) is 2.34. The molecule has 0 N–H and O–H groups in total. The van der Waals surface area contributed by atoms with E-state index < -0.39 is 0 Å². The van der Waals surface area contributed by atoms with Crippen molar-refractivity contribution in [3.63, 3.8) is 0 Å². The van der Waals surface area contributed by atoms with Crippen molar-refractivity contribution >= 4 is 0 Å². The third-order valence-electron chi connectivity index (χ3n) is 2.34. The molecule has 0 aromatic carbocycles. The zero-order chi connectivity index (χ0) is 10.5. The SMILES string of the molecule is CCOCCCCCCCCCOC. The third kappa shape index (κ3) is 11.9. The van der Waals surface area contributed by atoms with E-state index in [1.54, 1.807) is 7.11 Å². The van der Waals surface area contributed by atoms with Gasteiger partial charge in [0, 0.05) is 26.9 Å². The fraction of sp³-hybridized carbons (Fsp3) is 1.00. The van der Waals surface area contributed by atoms with E-state index in [-0.39, 0.29) is 0 Å². The molecule has 0 aliphatic heterocycles. The van der Waals surface area contributed by atoms with Gasteiger partial charge in [0.1, 0.15) is 0 Å². The Morgan fingerprint density at radius 3 is 1.71 bits per heavy atom. The molecule has 0 unspecified atom stereocenters. The average molecular weight is 202 g/mol. The molecule has 0 saturated carbocycles. The molecule has 2 heteroatoms. The first-order valence-electron chi connectivity index (χ1n) is 5.98. The fourth-order valence-electron chi connectivity index (χ4n) is 1.48. The lowest BCUT2D eigenvalue weighted by Crippen LogP contribution is -1.93. The van der Waals surface area contributed by atoms with Gasteiger partial charge in [0.25, 0.3) is 0 Å². The van der Waals surface area contributed by atoms with E-state index in [2.05, 4.69) is 6.92 Å². The number of hydrogen-bond donors (Lipinski definition) is 0. The molecule has 2 nitrogen and oxygen atoms in total. The Morgan fingerprint density at radius 2 is 1.21 bits per heavy atom. The first kappa shape index (κ1) is 13.9. The van der Waals surface area contributed by atoms with Crippen molar-refractivity contribution in [2.75, 3.05) is 26.9 Å². The van der Waals surface area contributed by atoms with E-state index in [1.807, 2.05) is 0 Å². The van der Waals surface area contributed by atoms with Crippen molar-refractivity contribution in [3.8, 4) is 0 Å². The number of ether oxygens (including phenoxy) is 2. The highest BCUT2D eigenvalue weighted by atomic mass is 16.5. The van der Waals surface area contributed by atoms with Crippen LogP contribution in [0.3, 0.4) is 0 Å². The molecule has 0 bridgehead atoms. The Morgan fingerprint density at radius 1 is 0.714 bits per heavy atom. The molecule has 86 valence electrons. The lowest BCUT2D eigenvalue weighted by molar-refractivity contribution is 0.143. The van der Waals surface area contributed by atoms with Gasteiger partial charge in [-0.2, -0.15) is 0 Å². The van der Waals surface area contributed by atoms with Crippen LogP contribution in [0.4, 0.5) is 0 Å². The molecular weight excluding hydrogens is 176 g/mol. The summed E-state index contributed by atoms with van der Waals surface area (Å²) in [4.78, 5) is 0. The molecule has 0 amide bonds. The summed E-state index contributed by atoms with van der Waals surface area (Å²) in [6.07, 6.45) is 9.18. The van der Waals surface area contributed by atoms with E-state index in [4.69, 9.17) is 9.47 Å². The van der Waals surface area contributed by atoms with Crippen molar-refractivity contribution in [1.29, 1.82) is 0 Å². The maximum atomic E-state index is 5.28. The van der Waals surface area contributed by atoms with Crippen molar-refractivity contribution in [2.24, 2.45) is 0 Å². The topological polar surface area (TPSA) is 18.5 Å². The normalized spacial score (nSPS) is 10.7. The summed E-state index contributed by atoms with van der Waals surface area (Å²) < 4.78 is 10.3. The minimum Gasteiger partial charge on any atom is -0.385 e. The van der Waals surface area contributed by atoms with Gasteiger partial charge < -0.3 is 9.47 Å². The molecule has 0 atom stereocenters. The van der Waals surface area contributed by atoms with E-state index >= 15 is 0 Å². The highest BCUT2D eigenvalue weighted by molar-refractivity contribution is 4.45. The smallest absolute Gasteiger partial charge is 0.0465 e. The monoisotopic (exact) mass is 202 g/mol. The number of unbranched alkanes of at least 4 members (excludes halogenated alkanes) is 6. The van der Waals surface area contributed by atoms with Crippen molar-refractivity contribution in [1.82, 2.24) is 0 Å². The Labute approximate surface area is 89.0 Å². The maximum Gasteiger partial charge on any atom is 0.0465 e. The van der Waals surface area contributed by atoms with Gasteiger partial charge in [-0.3, -0.25) is 0 Å². The quantitative estimate of drug-likeness (QED) is 0.478. The highest BCUT2D eigenvalue weighted by Crippen LogP contribution is 2.07. The van der Waals surface area contributed by atoms with Gasteiger partial charge in [-0.25, -0.2) is 0 Å². The lowest BCUT2D eigenvalue weighted by Gasteiger charge is -2.02. The summed E-state index contributed by atoms with van der Waals surface area (Å²) in [7, 11) is 1.77. The minimum atomic E-state index is 0.858. The minimum absolute atomic E-state index is 0.858. The van der Waals surface area contributed by atoms with Crippen LogP contribution < -0.4 is 0 Å². The summed E-state index contributed by atoms with van der Waals surface area (Å²) in [5, 5.41) is 0. The second-order valence-corrected chi connectivity index (χ2v) is 3.66. The number of hydrogen-bond acceptors (Lipinski definition) is 2. The van der Waals surface area contributed by atoms with Crippen molar-refractivity contribution in [2.45, 2.75) is 51.9 Å². The van der Waals surface area contributed by atoms with E-state index in [1.165, 1.54) is 44.9 Å². The predicted octanol–water partition coefficient (Wildman–Crippen LogP) is 3.40. The van der Waals surface area contributed by atoms with Crippen LogP contribution in [0.5, 0.6) is 0 Å². The molecule has 0 spiro atoms. The van der Waals surface area contributed by atoms with Crippen LogP contribution in [0.15, 0.2) is 0 Å². The maximum absolute atomic E-state index is 5.28. The molecule has 0 radical (unpaired) electrons.